The Kier molecular flexibility index (Phi) is 11.3. The summed E-state index contributed by atoms with van der Waals surface area (Å²) < 4.78 is 16.9. The Hall–Kier alpha value is -5.16. The predicted molar refractivity (Wildman–Crippen MR) is 176 cm³/mol. The second kappa shape index (κ2) is 15.5. The van der Waals surface area contributed by atoms with Crippen LogP contribution in [-0.4, -0.2) is 67.3 Å². The van der Waals surface area contributed by atoms with Gasteiger partial charge in [0, 0.05) is 42.7 Å². The number of benzene rings is 3. The van der Waals surface area contributed by atoms with Crippen LogP contribution in [0.1, 0.15) is 35.3 Å². The standard InChI is InChI=1S/C34H40N6O5/c1-7-39(8-2)20-19-35-32(41)25-13-10-14-26(21-25)37-33-36-18-17-30(38-33)40(28-16-15-27(43-5)22-29(28)44-6)34(42)45-31-23(3)11-9-12-24(31)4/h9-18,21-22H,7-8,19-20H2,1-6H3,(H,35,41)(H,36,37,38). The van der Waals surface area contributed by atoms with Gasteiger partial charge in [-0.1, -0.05) is 38.1 Å². The van der Waals surface area contributed by atoms with E-state index in [0.717, 1.165) is 30.8 Å². The second-order valence-electron chi connectivity index (χ2n) is 10.2. The molecule has 0 bridgehead atoms. The van der Waals surface area contributed by atoms with Crippen LogP contribution in [0.2, 0.25) is 0 Å². The van der Waals surface area contributed by atoms with Crippen LogP contribution in [0.3, 0.4) is 0 Å². The van der Waals surface area contributed by atoms with Gasteiger partial charge in [-0.2, -0.15) is 4.98 Å². The van der Waals surface area contributed by atoms with Gasteiger partial charge in [-0.3, -0.25) is 4.79 Å². The number of aromatic nitrogens is 2. The zero-order valence-electron chi connectivity index (χ0n) is 26.6. The third-order valence-electron chi connectivity index (χ3n) is 7.27. The summed E-state index contributed by atoms with van der Waals surface area (Å²) in [5, 5.41) is 6.12. The maximum absolute atomic E-state index is 13.9. The number of rotatable bonds is 13. The lowest BCUT2D eigenvalue weighted by Gasteiger charge is -2.24. The topological polar surface area (TPSA) is 118 Å². The Morgan fingerprint density at radius 1 is 0.889 bits per heavy atom. The van der Waals surface area contributed by atoms with E-state index < -0.39 is 6.09 Å². The number of nitrogens with one attached hydrogen (secondary N) is 2. The molecule has 1 aromatic heterocycles. The molecule has 2 N–H and O–H groups in total. The van der Waals surface area contributed by atoms with Crippen LogP contribution >= 0.6 is 0 Å². The molecule has 0 radical (unpaired) electrons. The van der Waals surface area contributed by atoms with Gasteiger partial charge in [0.25, 0.3) is 5.91 Å². The maximum Gasteiger partial charge on any atom is 0.425 e. The molecule has 1 heterocycles. The number of likely N-dealkylation sites (N-methyl/N-ethyl adjacent to an activating group) is 1. The number of amides is 2. The average molecular weight is 613 g/mol. The molecule has 0 saturated heterocycles. The third kappa shape index (κ3) is 8.27. The fourth-order valence-corrected chi connectivity index (χ4v) is 4.75. The van der Waals surface area contributed by atoms with Crippen molar-refractivity contribution in [3.05, 3.63) is 89.6 Å². The summed E-state index contributed by atoms with van der Waals surface area (Å²) in [6.07, 6.45) is 0.841. The molecule has 45 heavy (non-hydrogen) atoms. The van der Waals surface area contributed by atoms with Crippen molar-refractivity contribution in [3.8, 4) is 17.2 Å². The van der Waals surface area contributed by atoms with E-state index in [0.29, 0.717) is 40.7 Å². The van der Waals surface area contributed by atoms with E-state index >= 15 is 0 Å². The zero-order valence-corrected chi connectivity index (χ0v) is 26.6. The predicted octanol–water partition coefficient (Wildman–Crippen LogP) is 6.26. The molecule has 0 aliphatic heterocycles. The third-order valence-corrected chi connectivity index (χ3v) is 7.27. The van der Waals surface area contributed by atoms with Crippen molar-refractivity contribution in [3.63, 3.8) is 0 Å². The lowest BCUT2D eigenvalue weighted by Crippen LogP contribution is -2.34. The van der Waals surface area contributed by atoms with Crippen molar-refractivity contribution in [1.29, 1.82) is 0 Å². The largest absolute Gasteiger partial charge is 0.497 e. The van der Waals surface area contributed by atoms with Crippen molar-refractivity contribution in [2.45, 2.75) is 27.7 Å². The van der Waals surface area contributed by atoms with Gasteiger partial charge in [0.2, 0.25) is 5.95 Å². The Labute approximate surface area is 264 Å². The van der Waals surface area contributed by atoms with Crippen LogP contribution in [0.15, 0.2) is 72.9 Å². The molecule has 0 spiro atoms. The first kappa shape index (κ1) is 32.7. The Bertz CT molecular complexity index is 1600. The van der Waals surface area contributed by atoms with E-state index in [1.54, 1.807) is 49.6 Å². The summed E-state index contributed by atoms with van der Waals surface area (Å²) in [7, 11) is 3.06. The number of nitrogens with zero attached hydrogens (tertiary/aromatic N) is 4. The highest BCUT2D eigenvalue weighted by molar-refractivity contribution is 5.98. The fourth-order valence-electron chi connectivity index (χ4n) is 4.75. The van der Waals surface area contributed by atoms with Gasteiger partial charge in [-0.25, -0.2) is 14.7 Å². The molecule has 0 aliphatic carbocycles. The van der Waals surface area contributed by atoms with Crippen LogP contribution in [-0.2, 0) is 0 Å². The van der Waals surface area contributed by atoms with E-state index in [1.807, 2.05) is 38.1 Å². The molecular formula is C34H40N6O5. The SMILES string of the molecule is CCN(CC)CCNC(=O)c1cccc(Nc2nccc(N(C(=O)Oc3c(C)cccc3C)c3ccc(OC)cc3OC)n2)c1. The van der Waals surface area contributed by atoms with Gasteiger partial charge in [-0.05, 0) is 68.4 Å². The average Bonchev–Trinajstić information content (AvgIpc) is 3.05. The Balaban J connectivity index is 1.63. The first-order chi connectivity index (χ1) is 21.8. The van der Waals surface area contributed by atoms with Gasteiger partial charge in [-0.15, -0.1) is 0 Å². The van der Waals surface area contributed by atoms with E-state index in [4.69, 9.17) is 14.2 Å². The van der Waals surface area contributed by atoms with E-state index in [2.05, 4.69) is 39.3 Å². The van der Waals surface area contributed by atoms with Crippen molar-refractivity contribution in [2.75, 3.05) is 50.6 Å². The van der Waals surface area contributed by atoms with Gasteiger partial charge >= 0.3 is 6.09 Å². The van der Waals surface area contributed by atoms with Gasteiger partial charge in [0.15, 0.2) is 0 Å². The number of carbonyl (C=O) groups is 2. The van der Waals surface area contributed by atoms with Crippen molar-refractivity contribution in [1.82, 2.24) is 20.2 Å². The summed E-state index contributed by atoms with van der Waals surface area (Å²) >= 11 is 0. The molecule has 0 fully saturated rings. The molecule has 236 valence electrons. The molecule has 0 atom stereocenters. The first-order valence-corrected chi connectivity index (χ1v) is 14.8. The van der Waals surface area contributed by atoms with Gasteiger partial charge in [0.1, 0.15) is 23.1 Å². The monoisotopic (exact) mass is 612 g/mol. The highest BCUT2D eigenvalue weighted by Gasteiger charge is 2.27. The smallest absolute Gasteiger partial charge is 0.425 e. The molecule has 3 aromatic carbocycles. The van der Waals surface area contributed by atoms with Gasteiger partial charge < -0.3 is 29.7 Å². The highest BCUT2D eigenvalue weighted by Crippen LogP contribution is 2.37. The van der Waals surface area contributed by atoms with Crippen LogP contribution in [0.5, 0.6) is 17.2 Å². The van der Waals surface area contributed by atoms with E-state index in [-0.39, 0.29) is 17.7 Å². The van der Waals surface area contributed by atoms with Crippen LogP contribution in [0.4, 0.5) is 27.9 Å². The van der Waals surface area contributed by atoms with Crippen LogP contribution in [0.25, 0.3) is 0 Å². The molecule has 0 unspecified atom stereocenters. The number of hydrogen-bond donors (Lipinski definition) is 2. The number of methoxy groups -OCH3 is 2. The minimum Gasteiger partial charge on any atom is -0.497 e. The molecular weight excluding hydrogens is 572 g/mol. The molecule has 2 amide bonds. The number of para-hydroxylation sites is 1. The lowest BCUT2D eigenvalue weighted by molar-refractivity contribution is 0.0949. The second-order valence-corrected chi connectivity index (χ2v) is 10.2. The summed E-state index contributed by atoms with van der Waals surface area (Å²) in [5.74, 6) is 1.66. The minimum atomic E-state index is -0.691. The molecule has 4 rings (SSSR count). The number of anilines is 4. The fraction of sp³-hybridized carbons (Fsp3) is 0.294. The Morgan fingerprint density at radius 3 is 2.31 bits per heavy atom. The minimum absolute atomic E-state index is 0.174. The molecule has 0 saturated carbocycles. The van der Waals surface area contributed by atoms with Gasteiger partial charge in [0.05, 0.1) is 19.9 Å². The van der Waals surface area contributed by atoms with E-state index in [9.17, 15) is 9.59 Å². The van der Waals surface area contributed by atoms with Crippen molar-refractivity contribution in [2.24, 2.45) is 0 Å². The summed E-state index contributed by atoms with van der Waals surface area (Å²) in [4.78, 5) is 39.3. The number of ether oxygens (including phenoxy) is 3. The number of hydrogen-bond acceptors (Lipinski definition) is 9. The van der Waals surface area contributed by atoms with Crippen LogP contribution in [0, 0.1) is 13.8 Å². The Morgan fingerprint density at radius 2 is 1.62 bits per heavy atom. The van der Waals surface area contributed by atoms with Crippen LogP contribution < -0.4 is 29.7 Å². The lowest BCUT2D eigenvalue weighted by atomic mass is 10.1. The highest BCUT2D eigenvalue weighted by atomic mass is 16.6. The molecule has 11 nitrogen and oxygen atoms in total. The zero-order chi connectivity index (χ0) is 32.3. The normalized spacial score (nSPS) is 10.7. The first-order valence-electron chi connectivity index (χ1n) is 14.8. The summed E-state index contributed by atoms with van der Waals surface area (Å²) in [5.41, 5.74) is 3.12. The van der Waals surface area contributed by atoms with E-state index in [1.165, 1.54) is 18.2 Å². The molecule has 11 heteroatoms. The summed E-state index contributed by atoms with van der Waals surface area (Å²) in [6.45, 7) is 11.1. The summed E-state index contributed by atoms with van der Waals surface area (Å²) in [6, 6.07) is 19.4. The molecule has 4 aromatic rings. The molecule has 0 aliphatic rings. The van der Waals surface area contributed by atoms with Crippen molar-refractivity contribution < 1.29 is 23.8 Å². The quantitative estimate of drug-likeness (QED) is 0.180. The number of carbonyl (C=O) groups excluding carboxylic acids is 2. The number of aryl methyl sites for hydroxylation is 2. The van der Waals surface area contributed by atoms with Crippen molar-refractivity contribution >= 4 is 35.1 Å². The maximum atomic E-state index is 13.9.